The topological polar surface area (TPSA) is 134 Å². The molecule has 0 unspecified atom stereocenters. The van der Waals surface area contributed by atoms with Crippen molar-refractivity contribution < 1.29 is 24.3 Å². The third-order valence-corrected chi connectivity index (χ3v) is 4.78. The minimum atomic E-state index is -0.250. The fourth-order valence-electron chi connectivity index (χ4n) is 3.18. The normalized spacial score (nSPS) is 13.0. The van der Waals surface area contributed by atoms with E-state index in [2.05, 4.69) is 15.6 Å². The number of nitrogens with zero attached hydrogens (tertiary/aromatic N) is 3. The molecule has 1 fully saturated rings. The van der Waals surface area contributed by atoms with E-state index in [0.717, 1.165) is 17.8 Å². The van der Waals surface area contributed by atoms with Crippen molar-refractivity contribution in [2.75, 3.05) is 25.0 Å². The number of hydrogen-bond donors (Lipinski definition) is 3. The maximum atomic E-state index is 12.7. The molecular formula is C21H27N5O5. The van der Waals surface area contributed by atoms with Crippen LogP contribution in [-0.2, 0) is 27.3 Å². The van der Waals surface area contributed by atoms with Crippen LogP contribution in [0, 0.1) is 6.92 Å². The Kier molecular flexibility index (Phi) is 8.74. The van der Waals surface area contributed by atoms with Crippen LogP contribution in [0.5, 0.6) is 0 Å². The van der Waals surface area contributed by atoms with Gasteiger partial charge in [-0.2, -0.15) is 0 Å². The van der Waals surface area contributed by atoms with Crippen LogP contribution in [0.1, 0.15) is 35.1 Å². The molecule has 3 amide bonds. The van der Waals surface area contributed by atoms with Gasteiger partial charge in [-0.25, -0.2) is 4.98 Å². The lowest BCUT2D eigenvalue weighted by molar-refractivity contribution is -0.124. The van der Waals surface area contributed by atoms with E-state index in [1.807, 2.05) is 24.6 Å². The average Bonchev–Trinajstić information content (AvgIpc) is 3.21. The van der Waals surface area contributed by atoms with Crippen LogP contribution in [0.15, 0.2) is 30.6 Å². The molecule has 3 N–H and O–H groups in total. The highest BCUT2D eigenvalue weighted by Gasteiger charge is 2.22. The molecular weight excluding hydrogens is 402 g/mol. The Labute approximate surface area is 180 Å². The van der Waals surface area contributed by atoms with E-state index < -0.39 is 0 Å². The molecule has 0 atom stereocenters. The van der Waals surface area contributed by atoms with E-state index >= 15 is 0 Å². The molecule has 31 heavy (non-hydrogen) atoms. The molecule has 10 nitrogen and oxygen atoms in total. The van der Waals surface area contributed by atoms with Gasteiger partial charge in [0.2, 0.25) is 11.8 Å². The number of nitrogens with one attached hydrogen (secondary N) is 2. The number of carbonyl (C=O) groups is 4. The summed E-state index contributed by atoms with van der Waals surface area (Å²) in [5.41, 5.74) is 1.94. The number of carboxylic acid groups (broad SMARTS) is 1. The molecule has 1 aromatic heterocycles. The molecule has 1 aliphatic rings. The Morgan fingerprint density at radius 3 is 2.77 bits per heavy atom. The van der Waals surface area contributed by atoms with E-state index in [1.165, 1.54) is 4.90 Å². The number of benzene rings is 1. The van der Waals surface area contributed by atoms with Crippen molar-refractivity contribution in [1.29, 1.82) is 0 Å². The number of rotatable bonds is 6. The standard InChI is InChI=1S/C20H25N5O3.CH2O2/c1-3-17-21-7-10-24(17)9-6-18(26)23-16-12-15(5-4-14(16)2)20(28)25-11-8-22-19(27)13-25;2-1-3/h4-5,7,10,12H,3,6,8-9,11,13H2,1-2H3,(H,22,27)(H,23,26);1H,(H,2,3). The van der Waals surface area contributed by atoms with Crippen molar-refractivity contribution in [1.82, 2.24) is 19.8 Å². The first kappa shape index (κ1) is 23.6. The quantitative estimate of drug-likeness (QED) is 0.588. The number of aromatic nitrogens is 2. The summed E-state index contributed by atoms with van der Waals surface area (Å²) in [5.74, 6) is 0.450. The lowest BCUT2D eigenvalue weighted by Crippen LogP contribution is -2.49. The zero-order valence-corrected chi connectivity index (χ0v) is 17.6. The van der Waals surface area contributed by atoms with Crippen LogP contribution < -0.4 is 10.6 Å². The zero-order chi connectivity index (χ0) is 22.8. The predicted octanol–water partition coefficient (Wildman–Crippen LogP) is 1.06. The highest BCUT2D eigenvalue weighted by atomic mass is 16.3. The maximum Gasteiger partial charge on any atom is 0.290 e. The van der Waals surface area contributed by atoms with Gasteiger partial charge in [0.25, 0.3) is 12.4 Å². The smallest absolute Gasteiger partial charge is 0.290 e. The molecule has 0 spiro atoms. The number of aryl methyl sites for hydroxylation is 3. The lowest BCUT2D eigenvalue weighted by atomic mass is 10.1. The van der Waals surface area contributed by atoms with Crippen molar-refractivity contribution in [3.05, 3.63) is 47.5 Å². The van der Waals surface area contributed by atoms with Crippen molar-refractivity contribution in [3.63, 3.8) is 0 Å². The summed E-state index contributed by atoms with van der Waals surface area (Å²) in [7, 11) is 0. The van der Waals surface area contributed by atoms with Gasteiger partial charge in [0, 0.05) is 56.1 Å². The highest BCUT2D eigenvalue weighted by molar-refractivity contribution is 5.99. The molecule has 1 aliphatic heterocycles. The van der Waals surface area contributed by atoms with Crippen molar-refractivity contribution in [3.8, 4) is 0 Å². The number of carbonyl (C=O) groups excluding carboxylic acids is 3. The Morgan fingerprint density at radius 1 is 1.35 bits per heavy atom. The molecule has 2 heterocycles. The van der Waals surface area contributed by atoms with E-state index in [1.54, 1.807) is 24.4 Å². The van der Waals surface area contributed by atoms with Crippen LogP contribution in [0.3, 0.4) is 0 Å². The Bertz CT molecular complexity index is 940. The summed E-state index contributed by atoms with van der Waals surface area (Å²) in [4.78, 5) is 50.7. The minimum Gasteiger partial charge on any atom is -0.483 e. The molecule has 3 rings (SSSR count). The summed E-state index contributed by atoms with van der Waals surface area (Å²) >= 11 is 0. The van der Waals surface area contributed by atoms with Crippen LogP contribution in [0.4, 0.5) is 5.69 Å². The van der Waals surface area contributed by atoms with Crippen molar-refractivity contribution >= 4 is 29.9 Å². The largest absolute Gasteiger partial charge is 0.483 e. The summed E-state index contributed by atoms with van der Waals surface area (Å²) < 4.78 is 1.97. The van der Waals surface area contributed by atoms with Crippen LogP contribution >= 0.6 is 0 Å². The Balaban J connectivity index is 0.00000107. The first-order chi connectivity index (χ1) is 14.9. The van der Waals surface area contributed by atoms with Gasteiger partial charge in [-0.15, -0.1) is 0 Å². The van der Waals surface area contributed by atoms with Gasteiger partial charge in [0.05, 0.1) is 6.54 Å². The number of amides is 3. The number of imidazole rings is 1. The maximum absolute atomic E-state index is 12.7. The first-order valence-electron chi connectivity index (χ1n) is 9.93. The van der Waals surface area contributed by atoms with Gasteiger partial charge in [-0.3, -0.25) is 19.2 Å². The molecule has 2 aromatic rings. The lowest BCUT2D eigenvalue weighted by Gasteiger charge is -2.27. The SMILES string of the molecule is CCc1nccn1CCC(=O)Nc1cc(C(=O)N2CCNC(=O)C2)ccc1C.O=CO. The summed E-state index contributed by atoms with van der Waals surface area (Å²) in [6.45, 7) is 5.19. The molecule has 0 aliphatic carbocycles. The summed E-state index contributed by atoms with van der Waals surface area (Å²) in [6, 6.07) is 5.20. The summed E-state index contributed by atoms with van der Waals surface area (Å²) in [6.07, 6.45) is 4.72. The molecule has 0 radical (unpaired) electrons. The highest BCUT2D eigenvalue weighted by Crippen LogP contribution is 2.19. The van der Waals surface area contributed by atoms with Crippen LogP contribution in [0.2, 0.25) is 0 Å². The molecule has 0 bridgehead atoms. The first-order valence-corrected chi connectivity index (χ1v) is 9.93. The van der Waals surface area contributed by atoms with Crippen molar-refractivity contribution in [2.24, 2.45) is 0 Å². The Hall–Kier alpha value is -3.69. The van der Waals surface area contributed by atoms with E-state index in [4.69, 9.17) is 9.90 Å². The second-order valence-electron chi connectivity index (χ2n) is 6.90. The van der Waals surface area contributed by atoms with E-state index in [0.29, 0.717) is 37.3 Å². The van der Waals surface area contributed by atoms with Gasteiger partial charge in [0.15, 0.2) is 0 Å². The van der Waals surface area contributed by atoms with Crippen LogP contribution in [-0.4, -0.2) is 63.4 Å². The van der Waals surface area contributed by atoms with Gasteiger partial charge in [0.1, 0.15) is 5.82 Å². The second kappa shape index (κ2) is 11.5. The van der Waals surface area contributed by atoms with Gasteiger partial charge >= 0.3 is 0 Å². The zero-order valence-electron chi connectivity index (χ0n) is 17.6. The average molecular weight is 429 g/mol. The minimum absolute atomic E-state index is 0.0546. The second-order valence-corrected chi connectivity index (χ2v) is 6.90. The van der Waals surface area contributed by atoms with Crippen LogP contribution in [0.25, 0.3) is 0 Å². The van der Waals surface area contributed by atoms with Gasteiger partial charge in [-0.05, 0) is 24.6 Å². The van der Waals surface area contributed by atoms with Gasteiger partial charge < -0.3 is 25.2 Å². The van der Waals surface area contributed by atoms with E-state index in [9.17, 15) is 14.4 Å². The third kappa shape index (κ3) is 6.66. The molecule has 1 aromatic carbocycles. The van der Waals surface area contributed by atoms with Gasteiger partial charge in [-0.1, -0.05) is 13.0 Å². The Morgan fingerprint density at radius 2 is 2.10 bits per heavy atom. The molecule has 0 saturated carbocycles. The number of piperazine rings is 1. The predicted molar refractivity (Wildman–Crippen MR) is 114 cm³/mol. The molecule has 10 heteroatoms. The fraction of sp³-hybridized carbons (Fsp3) is 0.381. The number of hydrogen-bond acceptors (Lipinski definition) is 5. The van der Waals surface area contributed by atoms with E-state index in [-0.39, 0.29) is 30.7 Å². The molecule has 166 valence electrons. The third-order valence-electron chi connectivity index (χ3n) is 4.78. The monoisotopic (exact) mass is 429 g/mol. The molecule has 1 saturated heterocycles. The number of anilines is 1. The summed E-state index contributed by atoms with van der Waals surface area (Å²) in [5, 5.41) is 12.5. The van der Waals surface area contributed by atoms with Crippen molar-refractivity contribution in [2.45, 2.75) is 33.2 Å². The fourth-order valence-corrected chi connectivity index (χ4v) is 3.18.